The largest absolute Gasteiger partial charge is 0.494 e. The highest BCUT2D eigenvalue weighted by atomic mass is 35.5. The van der Waals surface area contributed by atoms with Crippen molar-refractivity contribution in [2.45, 2.75) is 77.9 Å². The molecule has 0 saturated carbocycles. The van der Waals surface area contributed by atoms with E-state index in [1.807, 2.05) is 79.5 Å². The molecule has 0 saturated heterocycles. The van der Waals surface area contributed by atoms with Gasteiger partial charge < -0.3 is 14.2 Å². The smallest absolute Gasteiger partial charge is 0.323 e. The highest BCUT2D eigenvalue weighted by Gasteiger charge is 2.18. The van der Waals surface area contributed by atoms with Crippen LogP contribution in [0.2, 0.25) is 0 Å². The summed E-state index contributed by atoms with van der Waals surface area (Å²) in [6.07, 6.45) is 8.47. The molecular weight excluding hydrogens is 546 g/mol. The topological polar surface area (TPSA) is 48.0 Å². The Morgan fingerprint density at radius 1 is 0.714 bits per heavy atom. The van der Waals surface area contributed by atoms with Crippen LogP contribution in [-0.4, -0.2) is 49.6 Å². The summed E-state index contributed by atoms with van der Waals surface area (Å²) in [6, 6.07) is 28.0. The molecule has 0 bridgehead atoms. The summed E-state index contributed by atoms with van der Waals surface area (Å²) in [7, 11) is 1.96. The van der Waals surface area contributed by atoms with Crippen molar-refractivity contribution in [1.29, 1.82) is 0 Å². The van der Waals surface area contributed by atoms with Crippen LogP contribution in [0.15, 0.2) is 84.9 Å². The van der Waals surface area contributed by atoms with Crippen molar-refractivity contribution in [2.75, 3.05) is 32.7 Å². The molecule has 0 heterocycles. The first-order chi connectivity index (χ1) is 20.5. The lowest BCUT2D eigenvalue weighted by molar-refractivity contribution is -0.149. The highest BCUT2D eigenvalue weighted by Crippen LogP contribution is 2.19. The number of benzene rings is 3. The van der Waals surface area contributed by atoms with Crippen LogP contribution < -0.4 is 9.47 Å². The number of aryl methyl sites for hydroxylation is 1. The number of alkyl halides is 1. The van der Waals surface area contributed by atoms with Crippen LogP contribution in [0, 0.1) is 6.92 Å². The third-order valence-corrected chi connectivity index (χ3v) is 7.23. The van der Waals surface area contributed by atoms with Gasteiger partial charge in [-0.2, -0.15) is 0 Å². The van der Waals surface area contributed by atoms with Gasteiger partial charge in [-0.1, -0.05) is 91.9 Å². The van der Waals surface area contributed by atoms with Crippen LogP contribution in [-0.2, 0) is 16.1 Å². The highest BCUT2D eigenvalue weighted by molar-refractivity contribution is 6.17. The van der Waals surface area contributed by atoms with Crippen molar-refractivity contribution in [2.24, 2.45) is 0 Å². The Bertz CT molecular complexity index is 1060. The first-order valence-corrected chi connectivity index (χ1v) is 15.9. The van der Waals surface area contributed by atoms with Crippen LogP contribution in [0.5, 0.6) is 11.5 Å². The van der Waals surface area contributed by atoms with E-state index in [9.17, 15) is 4.79 Å². The van der Waals surface area contributed by atoms with Gasteiger partial charge in [0.1, 0.15) is 24.1 Å². The Morgan fingerprint density at radius 2 is 1.26 bits per heavy atom. The van der Waals surface area contributed by atoms with E-state index in [0.717, 1.165) is 75.2 Å². The summed E-state index contributed by atoms with van der Waals surface area (Å²) in [5.41, 5.74) is 2.48. The molecule has 230 valence electrons. The molecule has 0 radical (unpaired) electrons. The predicted molar refractivity (Wildman–Crippen MR) is 175 cm³/mol. The fraction of sp³-hybridized carbons (Fsp3) is 0.472. The number of halogens is 1. The molecule has 42 heavy (non-hydrogen) atoms. The number of rotatable bonds is 19. The van der Waals surface area contributed by atoms with Gasteiger partial charge in [-0.3, -0.25) is 9.69 Å². The molecule has 0 aliphatic rings. The minimum Gasteiger partial charge on any atom is -0.494 e. The van der Waals surface area contributed by atoms with Crippen molar-refractivity contribution in [3.05, 3.63) is 96.1 Å². The molecule has 0 aliphatic heterocycles. The maximum absolute atomic E-state index is 12.1. The second kappa shape index (κ2) is 22.6. The van der Waals surface area contributed by atoms with Gasteiger partial charge in [0.15, 0.2) is 0 Å². The standard InChI is InChI=1S/C29H42ClNO4.C7H8/c1-25(31(2)21-11-10-20-30)29(32)34-23-13-6-4-3-5-12-22-33-27-16-18-28(19-17-27)35-24-26-14-8-7-9-15-26;1-7-5-3-2-4-6-7/h7-9,14-19,25H,3-6,10-13,20-24H2,1-2H3;2-6H,1H3. The Balaban J connectivity index is 0.000000766. The molecular formula is C36H50ClNO4. The molecule has 0 amide bonds. The van der Waals surface area contributed by atoms with Crippen LogP contribution in [0.3, 0.4) is 0 Å². The molecule has 0 fully saturated rings. The molecule has 3 rings (SSSR count). The van der Waals surface area contributed by atoms with E-state index in [4.69, 9.17) is 25.8 Å². The molecule has 0 N–H and O–H groups in total. The third-order valence-electron chi connectivity index (χ3n) is 6.96. The van der Waals surface area contributed by atoms with Crippen LogP contribution >= 0.6 is 11.6 Å². The zero-order valence-electron chi connectivity index (χ0n) is 25.8. The molecule has 1 unspecified atom stereocenters. The van der Waals surface area contributed by atoms with Crippen molar-refractivity contribution < 1.29 is 19.0 Å². The summed E-state index contributed by atoms with van der Waals surface area (Å²) < 4.78 is 17.1. The van der Waals surface area contributed by atoms with E-state index in [2.05, 4.69) is 31.2 Å². The minimum absolute atomic E-state index is 0.133. The number of carbonyl (C=O) groups excluding carboxylic acids is 1. The number of unbranched alkanes of at least 4 members (excludes halogenated alkanes) is 6. The normalized spacial score (nSPS) is 11.4. The molecule has 0 aromatic heterocycles. The van der Waals surface area contributed by atoms with Crippen LogP contribution in [0.1, 0.15) is 69.4 Å². The molecule has 3 aromatic carbocycles. The number of hydrogen-bond donors (Lipinski definition) is 0. The summed E-state index contributed by atoms with van der Waals surface area (Å²) in [4.78, 5) is 14.2. The number of esters is 1. The van der Waals surface area contributed by atoms with Gasteiger partial charge in [0.25, 0.3) is 0 Å². The van der Waals surface area contributed by atoms with Crippen molar-refractivity contribution in [1.82, 2.24) is 4.90 Å². The van der Waals surface area contributed by atoms with E-state index in [1.54, 1.807) is 0 Å². The Morgan fingerprint density at radius 3 is 1.83 bits per heavy atom. The van der Waals surface area contributed by atoms with E-state index >= 15 is 0 Å². The lowest BCUT2D eigenvalue weighted by Crippen LogP contribution is -2.38. The van der Waals surface area contributed by atoms with E-state index in [-0.39, 0.29) is 12.0 Å². The SMILES string of the molecule is CC(C(=O)OCCCCCCCCOc1ccc(OCc2ccccc2)cc1)N(C)CCCCCl.Cc1ccccc1. The van der Waals surface area contributed by atoms with Gasteiger partial charge in [0.2, 0.25) is 0 Å². The summed E-state index contributed by atoms with van der Waals surface area (Å²) in [5.74, 6) is 2.25. The maximum atomic E-state index is 12.1. The fourth-order valence-electron chi connectivity index (χ4n) is 4.13. The van der Waals surface area contributed by atoms with E-state index in [0.29, 0.717) is 19.1 Å². The van der Waals surface area contributed by atoms with Crippen molar-refractivity contribution >= 4 is 17.6 Å². The molecule has 6 heteroatoms. The fourth-order valence-corrected chi connectivity index (χ4v) is 4.32. The van der Waals surface area contributed by atoms with Crippen molar-refractivity contribution in [3.8, 4) is 11.5 Å². The Labute approximate surface area is 259 Å². The van der Waals surface area contributed by atoms with E-state index < -0.39 is 0 Å². The first kappa shape index (κ1) is 35.2. The second-order valence-electron chi connectivity index (χ2n) is 10.6. The molecule has 3 aromatic rings. The molecule has 5 nitrogen and oxygen atoms in total. The van der Waals surface area contributed by atoms with E-state index in [1.165, 1.54) is 12.0 Å². The van der Waals surface area contributed by atoms with Crippen LogP contribution in [0.4, 0.5) is 0 Å². The molecule has 0 aliphatic carbocycles. The maximum Gasteiger partial charge on any atom is 0.323 e. The number of nitrogens with zero attached hydrogens (tertiary/aromatic N) is 1. The lowest BCUT2D eigenvalue weighted by Gasteiger charge is -2.22. The summed E-state index contributed by atoms with van der Waals surface area (Å²) in [6.45, 7) is 6.64. The van der Waals surface area contributed by atoms with Gasteiger partial charge in [-0.25, -0.2) is 0 Å². The lowest BCUT2D eigenvalue weighted by atomic mass is 10.1. The summed E-state index contributed by atoms with van der Waals surface area (Å²) >= 11 is 5.71. The average Bonchev–Trinajstić information content (AvgIpc) is 3.02. The number of likely N-dealkylation sites (N-methyl/N-ethyl adjacent to an activating group) is 1. The zero-order chi connectivity index (χ0) is 30.3. The zero-order valence-corrected chi connectivity index (χ0v) is 26.6. The Kier molecular flexibility index (Phi) is 18.9. The molecule has 0 spiro atoms. The van der Waals surface area contributed by atoms with Gasteiger partial charge in [0.05, 0.1) is 13.2 Å². The average molecular weight is 596 g/mol. The number of carbonyl (C=O) groups is 1. The second-order valence-corrected chi connectivity index (χ2v) is 11.0. The monoisotopic (exact) mass is 595 g/mol. The summed E-state index contributed by atoms with van der Waals surface area (Å²) in [5, 5.41) is 0. The van der Waals surface area contributed by atoms with Gasteiger partial charge in [-0.05, 0) is 83.0 Å². The predicted octanol–water partition coefficient (Wildman–Crippen LogP) is 8.86. The number of ether oxygens (including phenoxy) is 3. The third kappa shape index (κ3) is 16.4. The first-order valence-electron chi connectivity index (χ1n) is 15.3. The Hall–Kier alpha value is -3.02. The van der Waals surface area contributed by atoms with Crippen LogP contribution in [0.25, 0.3) is 0 Å². The van der Waals surface area contributed by atoms with Crippen molar-refractivity contribution in [3.63, 3.8) is 0 Å². The quantitative estimate of drug-likeness (QED) is 0.0787. The molecule has 1 atom stereocenters. The van der Waals surface area contributed by atoms with Gasteiger partial charge in [0, 0.05) is 5.88 Å². The number of hydrogen-bond acceptors (Lipinski definition) is 5. The van der Waals surface area contributed by atoms with Gasteiger partial charge >= 0.3 is 5.97 Å². The minimum atomic E-state index is -0.205. The van der Waals surface area contributed by atoms with Gasteiger partial charge in [-0.15, -0.1) is 11.6 Å².